The van der Waals surface area contributed by atoms with Crippen molar-refractivity contribution in [2.45, 2.75) is 51.7 Å². The number of carbonyl (C=O) groups is 3. The summed E-state index contributed by atoms with van der Waals surface area (Å²) in [4.78, 5) is 35.9. The molecule has 1 aliphatic carbocycles. The van der Waals surface area contributed by atoms with E-state index in [0.29, 0.717) is 30.4 Å². The molecule has 1 fully saturated rings. The summed E-state index contributed by atoms with van der Waals surface area (Å²) in [6.45, 7) is 7.29. The lowest BCUT2D eigenvalue weighted by Crippen LogP contribution is -2.35. The molecule has 2 rings (SSSR count). The molecule has 1 unspecified atom stereocenters. The molecule has 0 radical (unpaired) electrons. The van der Waals surface area contributed by atoms with Crippen molar-refractivity contribution in [1.82, 2.24) is 0 Å². The highest BCUT2D eigenvalue weighted by Crippen LogP contribution is 2.36. The Morgan fingerprint density at radius 3 is 2.88 bits per heavy atom. The monoisotopic (exact) mass is 362 g/mol. The molecule has 1 aliphatic heterocycles. The van der Waals surface area contributed by atoms with E-state index in [2.05, 4.69) is 6.58 Å². The van der Waals surface area contributed by atoms with E-state index in [0.717, 1.165) is 6.29 Å². The average molecular weight is 362 g/mol. The molecule has 1 saturated heterocycles. The number of aliphatic hydroxyl groups excluding tert-OH is 1. The third-order valence-corrected chi connectivity index (χ3v) is 5.01. The van der Waals surface area contributed by atoms with Gasteiger partial charge in [0.1, 0.15) is 18.5 Å². The molecule has 0 amide bonds. The Bertz CT molecular complexity index is 645. The van der Waals surface area contributed by atoms with Crippen molar-refractivity contribution in [3.63, 3.8) is 0 Å². The first kappa shape index (κ1) is 20.1. The van der Waals surface area contributed by atoms with Gasteiger partial charge in [0, 0.05) is 12.0 Å². The summed E-state index contributed by atoms with van der Waals surface area (Å²) in [5.74, 6) is -1.80. The lowest BCUT2D eigenvalue weighted by atomic mass is 9.85. The van der Waals surface area contributed by atoms with Crippen LogP contribution in [-0.4, -0.2) is 42.1 Å². The van der Waals surface area contributed by atoms with Gasteiger partial charge in [0.15, 0.2) is 0 Å². The summed E-state index contributed by atoms with van der Waals surface area (Å²) in [5, 5.41) is 9.55. The van der Waals surface area contributed by atoms with Crippen LogP contribution in [0.2, 0.25) is 0 Å². The molecule has 0 bridgehead atoms. The molecule has 142 valence electrons. The van der Waals surface area contributed by atoms with Crippen LogP contribution >= 0.6 is 0 Å². The van der Waals surface area contributed by atoms with Crippen LogP contribution in [0.5, 0.6) is 0 Å². The highest BCUT2D eigenvalue weighted by molar-refractivity contribution is 5.91. The number of aldehydes is 1. The summed E-state index contributed by atoms with van der Waals surface area (Å²) < 4.78 is 11.1. The highest BCUT2D eigenvalue weighted by atomic mass is 16.6. The number of rotatable bonds is 5. The van der Waals surface area contributed by atoms with E-state index in [-0.39, 0.29) is 30.5 Å². The van der Waals surface area contributed by atoms with Gasteiger partial charge >= 0.3 is 11.9 Å². The van der Waals surface area contributed by atoms with Crippen LogP contribution in [0.15, 0.2) is 35.5 Å². The zero-order valence-corrected chi connectivity index (χ0v) is 15.3. The van der Waals surface area contributed by atoms with E-state index < -0.39 is 24.1 Å². The van der Waals surface area contributed by atoms with Gasteiger partial charge in [-0.1, -0.05) is 26.5 Å². The fourth-order valence-corrected chi connectivity index (χ4v) is 3.16. The molecular weight excluding hydrogens is 336 g/mol. The van der Waals surface area contributed by atoms with Gasteiger partial charge in [-0.25, -0.2) is 4.79 Å². The van der Waals surface area contributed by atoms with Crippen molar-refractivity contribution in [1.29, 1.82) is 0 Å². The van der Waals surface area contributed by atoms with Crippen LogP contribution in [0.3, 0.4) is 0 Å². The predicted molar refractivity (Wildman–Crippen MR) is 95.0 cm³/mol. The minimum atomic E-state index is -0.730. The standard InChI is InChI=1S/C20H26O6/c1-4-12(2)19(23)25-16-8-14(10-21)6-5-7-15(11-22)9-17-18(16)13(3)20(24)26-17/h6,9-10,12,16-18,22H,3-5,7-8,11H2,1-2H3/b14-6+,15-9-/t12?,16-,17-,18-/m1/s1. The van der Waals surface area contributed by atoms with Gasteiger partial charge in [-0.2, -0.15) is 0 Å². The third-order valence-electron chi connectivity index (χ3n) is 5.01. The summed E-state index contributed by atoms with van der Waals surface area (Å²) in [6, 6.07) is 0. The number of allylic oxidation sites excluding steroid dienone is 1. The summed E-state index contributed by atoms with van der Waals surface area (Å²) in [6.07, 6.45) is 4.78. The van der Waals surface area contributed by atoms with Crippen LogP contribution in [0.25, 0.3) is 0 Å². The molecule has 2 aliphatic rings. The van der Waals surface area contributed by atoms with Gasteiger partial charge in [0.05, 0.1) is 18.4 Å². The number of aliphatic hydroxyl groups is 1. The average Bonchev–Trinajstić information content (AvgIpc) is 2.91. The van der Waals surface area contributed by atoms with Gasteiger partial charge < -0.3 is 14.6 Å². The van der Waals surface area contributed by atoms with Crippen molar-refractivity contribution < 1.29 is 29.0 Å². The number of carbonyl (C=O) groups excluding carboxylic acids is 3. The summed E-state index contributed by atoms with van der Waals surface area (Å²) in [7, 11) is 0. The lowest BCUT2D eigenvalue weighted by Gasteiger charge is -2.28. The van der Waals surface area contributed by atoms with Gasteiger partial charge in [-0.3, -0.25) is 9.59 Å². The molecule has 4 atom stereocenters. The first-order valence-electron chi connectivity index (χ1n) is 8.96. The molecule has 6 nitrogen and oxygen atoms in total. The summed E-state index contributed by atoms with van der Waals surface area (Å²) >= 11 is 0. The van der Waals surface area contributed by atoms with E-state index in [9.17, 15) is 19.5 Å². The van der Waals surface area contributed by atoms with E-state index in [1.165, 1.54) is 0 Å². The van der Waals surface area contributed by atoms with Gasteiger partial charge in [0.2, 0.25) is 0 Å². The molecule has 0 saturated carbocycles. The number of ether oxygens (including phenoxy) is 2. The second kappa shape index (κ2) is 8.94. The number of hydrogen-bond donors (Lipinski definition) is 1. The molecule has 0 aromatic heterocycles. The minimum absolute atomic E-state index is 0.172. The van der Waals surface area contributed by atoms with Crippen LogP contribution in [0.1, 0.15) is 39.5 Å². The quantitative estimate of drug-likeness (QED) is 0.349. The second-order valence-electron chi connectivity index (χ2n) is 6.83. The van der Waals surface area contributed by atoms with Crippen LogP contribution < -0.4 is 0 Å². The van der Waals surface area contributed by atoms with E-state index >= 15 is 0 Å². The minimum Gasteiger partial charge on any atom is -0.461 e. The number of esters is 2. The molecule has 26 heavy (non-hydrogen) atoms. The Kier molecular flexibility index (Phi) is 6.91. The zero-order valence-electron chi connectivity index (χ0n) is 15.3. The molecule has 1 heterocycles. The Labute approximate surface area is 153 Å². The largest absolute Gasteiger partial charge is 0.461 e. The van der Waals surface area contributed by atoms with Gasteiger partial charge in [-0.05, 0) is 36.5 Å². The van der Waals surface area contributed by atoms with Crippen molar-refractivity contribution in [2.24, 2.45) is 11.8 Å². The Hall–Kier alpha value is -2.21. The molecule has 0 spiro atoms. The topological polar surface area (TPSA) is 89.9 Å². The molecule has 0 aromatic carbocycles. The van der Waals surface area contributed by atoms with E-state index in [1.807, 2.05) is 6.92 Å². The van der Waals surface area contributed by atoms with Gasteiger partial charge in [0.25, 0.3) is 0 Å². The molecule has 1 N–H and O–H groups in total. The zero-order chi connectivity index (χ0) is 19.3. The fourth-order valence-electron chi connectivity index (χ4n) is 3.16. The Morgan fingerprint density at radius 1 is 1.54 bits per heavy atom. The van der Waals surface area contributed by atoms with Gasteiger partial charge in [-0.15, -0.1) is 0 Å². The molecular formula is C20H26O6. The maximum absolute atomic E-state index is 12.3. The fraction of sp³-hybridized carbons (Fsp3) is 0.550. The smallest absolute Gasteiger partial charge is 0.334 e. The number of fused-ring (bicyclic) bond motifs is 1. The molecule has 0 aromatic rings. The number of hydrogen-bond acceptors (Lipinski definition) is 6. The highest BCUT2D eigenvalue weighted by Gasteiger charge is 2.44. The first-order valence-corrected chi connectivity index (χ1v) is 8.96. The van der Waals surface area contributed by atoms with Crippen LogP contribution in [-0.2, 0) is 23.9 Å². The summed E-state index contributed by atoms with van der Waals surface area (Å²) in [5.41, 5.74) is 1.42. The van der Waals surface area contributed by atoms with Crippen LogP contribution in [0, 0.1) is 11.8 Å². The first-order chi connectivity index (χ1) is 12.4. The lowest BCUT2D eigenvalue weighted by molar-refractivity contribution is -0.156. The van der Waals surface area contributed by atoms with Crippen molar-refractivity contribution in [3.8, 4) is 0 Å². The SMILES string of the molecule is C=C1C(=O)O[C@@H]2/C=C(\CO)CC/C=C(/C=O)C[C@@H](OC(=O)C(C)CC)[C@@H]12. The van der Waals surface area contributed by atoms with Crippen molar-refractivity contribution >= 4 is 18.2 Å². The van der Waals surface area contributed by atoms with Crippen molar-refractivity contribution in [2.75, 3.05) is 6.61 Å². The Balaban J connectivity index is 2.41. The second-order valence-corrected chi connectivity index (χ2v) is 6.83. The van der Waals surface area contributed by atoms with E-state index in [4.69, 9.17) is 9.47 Å². The van der Waals surface area contributed by atoms with E-state index in [1.54, 1.807) is 19.1 Å². The predicted octanol–water partition coefficient (Wildman–Crippen LogP) is 2.27. The maximum atomic E-state index is 12.3. The normalized spacial score (nSPS) is 31.6. The van der Waals surface area contributed by atoms with Crippen LogP contribution in [0.4, 0.5) is 0 Å². The Morgan fingerprint density at radius 2 is 2.27 bits per heavy atom. The molecule has 6 heteroatoms. The third kappa shape index (κ3) is 4.49. The van der Waals surface area contributed by atoms with Crippen molar-refractivity contribution in [3.05, 3.63) is 35.5 Å². The maximum Gasteiger partial charge on any atom is 0.334 e.